The fourth-order valence-corrected chi connectivity index (χ4v) is 4.38. The number of nitrogens with zero attached hydrogens (tertiary/aromatic N) is 1. The van der Waals surface area contributed by atoms with Crippen LogP contribution in [0.3, 0.4) is 0 Å². The standard InChI is InChI=1S/C20H22N2O3/c23-12-18-13-4-5-14(10-13)19(18)22-20(24)15-2-1-3-17(11-15)25-16-6-8-21-9-7-16/h1-3,6-9,11,13-14,18-19,23H,4-5,10,12H2,(H,22,24). The number of hydrogen-bond acceptors (Lipinski definition) is 4. The van der Waals surface area contributed by atoms with E-state index in [0.29, 0.717) is 28.9 Å². The molecule has 1 amide bonds. The number of fused-ring (bicyclic) bond motifs is 2. The number of nitrogens with one attached hydrogen (secondary N) is 1. The topological polar surface area (TPSA) is 71.5 Å². The summed E-state index contributed by atoms with van der Waals surface area (Å²) in [5.74, 6) is 2.45. The van der Waals surface area contributed by atoms with E-state index in [1.807, 2.05) is 12.1 Å². The van der Waals surface area contributed by atoms with Crippen molar-refractivity contribution in [2.45, 2.75) is 25.3 Å². The Morgan fingerprint density at radius 1 is 1.16 bits per heavy atom. The zero-order valence-corrected chi connectivity index (χ0v) is 14.0. The van der Waals surface area contributed by atoms with Crippen LogP contribution in [0.25, 0.3) is 0 Å². The summed E-state index contributed by atoms with van der Waals surface area (Å²) in [4.78, 5) is 16.6. The van der Waals surface area contributed by atoms with E-state index in [2.05, 4.69) is 10.3 Å². The summed E-state index contributed by atoms with van der Waals surface area (Å²) < 4.78 is 5.77. The van der Waals surface area contributed by atoms with E-state index < -0.39 is 0 Å². The van der Waals surface area contributed by atoms with Gasteiger partial charge < -0.3 is 15.2 Å². The van der Waals surface area contributed by atoms with Gasteiger partial charge in [0.15, 0.2) is 0 Å². The van der Waals surface area contributed by atoms with Crippen LogP contribution in [0.15, 0.2) is 48.8 Å². The first-order valence-electron chi connectivity index (χ1n) is 8.84. The minimum atomic E-state index is -0.101. The van der Waals surface area contributed by atoms with Crippen LogP contribution in [0.1, 0.15) is 29.6 Å². The van der Waals surface area contributed by atoms with Crippen LogP contribution in [-0.2, 0) is 0 Å². The lowest BCUT2D eigenvalue weighted by molar-refractivity contribution is 0.0861. The minimum Gasteiger partial charge on any atom is -0.457 e. The first-order chi connectivity index (χ1) is 12.2. The second-order valence-electron chi connectivity index (χ2n) is 6.99. The van der Waals surface area contributed by atoms with Crippen LogP contribution in [0.2, 0.25) is 0 Å². The molecule has 2 aromatic rings. The zero-order valence-electron chi connectivity index (χ0n) is 14.0. The lowest BCUT2D eigenvalue weighted by atomic mass is 9.85. The third kappa shape index (κ3) is 3.24. The first-order valence-corrected chi connectivity index (χ1v) is 8.84. The summed E-state index contributed by atoms with van der Waals surface area (Å²) in [6.45, 7) is 0.150. The fourth-order valence-electron chi connectivity index (χ4n) is 4.38. The molecule has 130 valence electrons. The van der Waals surface area contributed by atoms with Crippen molar-refractivity contribution in [3.8, 4) is 11.5 Å². The van der Waals surface area contributed by atoms with E-state index in [1.54, 1.807) is 36.7 Å². The van der Waals surface area contributed by atoms with E-state index in [4.69, 9.17) is 4.74 Å². The maximum Gasteiger partial charge on any atom is 0.251 e. The summed E-state index contributed by atoms with van der Waals surface area (Å²) in [5.41, 5.74) is 0.575. The number of carbonyl (C=O) groups excluding carboxylic acids is 1. The number of aliphatic hydroxyl groups excluding tert-OH is 1. The quantitative estimate of drug-likeness (QED) is 0.879. The van der Waals surface area contributed by atoms with Crippen molar-refractivity contribution < 1.29 is 14.6 Å². The highest BCUT2D eigenvalue weighted by atomic mass is 16.5. The Kier molecular flexibility index (Phi) is 4.40. The molecule has 0 aliphatic heterocycles. The number of carbonyl (C=O) groups is 1. The highest BCUT2D eigenvalue weighted by Crippen LogP contribution is 2.48. The molecule has 4 atom stereocenters. The van der Waals surface area contributed by atoms with Crippen molar-refractivity contribution >= 4 is 5.91 Å². The van der Waals surface area contributed by atoms with Crippen molar-refractivity contribution in [2.75, 3.05) is 6.61 Å². The Labute approximate surface area is 147 Å². The van der Waals surface area contributed by atoms with Crippen LogP contribution in [0.5, 0.6) is 11.5 Å². The Hall–Kier alpha value is -2.40. The number of ether oxygens (including phenoxy) is 1. The van der Waals surface area contributed by atoms with Gasteiger partial charge in [0.05, 0.1) is 0 Å². The lowest BCUT2D eigenvalue weighted by Crippen LogP contribution is -2.45. The summed E-state index contributed by atoms with van der Waals surface area (Å²) >= 11 is 0. The number of hydrogen-bond donors (Lipinski definition) is 2. The highest BCUT2D eigenvalue weighted by Gasteiger charge is 2.47. The third-order valence-electron chi connectivity index (χ3n) is 5.58. The van der Waals surface area contributed by atoms with Gasteiger partial charge in [0.25, 0.3) is 5.91 Å². The second-order valence-corrected chi connectivity index (χ2v) is 6.99. The molecule has 2 saturated carbocycles. The molecule has 0 radical (unpaired) electrons. The molecule has 4 rings (SSSR count). The van der Waals surface area contributed by atoms with Gasteiger partial charge in [-0.15, -0.1) is 0 Å². The van der Waals surface area contributed by atoms with E-state index in [1.165, 1.54) is 6.42 Å². The Bertz CT molecular complexity index is 750. The van der Waals surface area contributed by atoms with Crippen molar-refractivity contribution in [2.24, 2.45) is 17.8 Å². The molecule has 1 aromatic heterocycles. The Balaban J connectivity index is 1.46. The normalized spacial score (nSPS) is 27.2. The van der Waals surface area contributed by atoms with Crippen molar-refractivity contribution in [1.29, 1.82) is 0 Å². The molecule has 2 aliphatic rings. The van der Waals surface area contributed by atoms with Gasteiger partial charge >= 0.3 is 0 Å². The smallest absolute Gasteiger partial charge is 0.251 e. The summed E-state index contributed by atoms with van der Waals surface area (Å²) in [7, 11) is 0. The Morgan fingerprint density at radius 2 is 1.96 bits per heavy atom. The minimum absolute atomic E-state index is 0.0843. The molecule has 2 fully saturated rings. The summed E-state index contributed by atoms with van der Waals surface area (Å²) in [6.07, 6.45) is 6.78. The Morgan fingerprint density at radius 3 is 2.76 bits per heavy atom. The number of amides is 1. The average molecular weight is 338 g/mol. The highest BCUT2D eigenvalue weighted by molar-refractivity contribution is 5.94. The van der Waals surface area contributed by atoms with Gasteiger partial charge in [-0.2, -0.15) is 0 Å². The van der Waals surface area contributed by atoms with Gasteiger partial charge in [0.2, 0.25) is 0 Å². The molecule has 1 aromatic carbocycles. The van der Waals surface area contributed by atoms with Crippen molar-refractivity contribution in [3.05, 3.63) is 54.4 Å². The van der Waals surface area contributed by atoms with Crippen LogP contribution in [0.4, 0.5) is 0 Å². The van der Waals surface area contributed by atoms with Gasteiger partial charge in [-0.05, 0) is 61.4 Å². The molecule has 5 nitrogen and oxygen atoms in total. The molecule has 1 heterocycles. The molecule has 4 unspecified atom stereocenters. The van der Waals surface area contributed by atoms with E-state index in [9.17, 15) is 9.90 Å². The lowest BCUT2D eigenvalue weighted by Gasteiger charge is -2.30. The van der Waals surface area contributed by atoms with E-state index >= 15 is 0 Å². The van der Waals surface area contributed by atoms with Crippen molar-refractivity contribution in [1.82, 2.24) is 10.3 Å². The predicted molar refractivity (Wildman–Crippen MR) is 93.4 cm³/mol. The average Bonchev–Trinajstić information content (AvgIpc) is 3.24. The predicted octanol–water partition coefficient (Wildman–Crippen LogP) is 3.01. The number of aromatic nitrogens is 1. The number of pyridine rings is 1. The molecule has 0 saturated heterocycles. The van der Waals surface area contributed by atoms with Crippen molar-refractivity contribution in [3.63, 3.8) is 0 Å². The van der Waals surface area contributed by atoms with Gasteiger partial charge in [0.1, 0.15) is 11.5 Å². The monoisotopic (exact) mass is 338 g/mol. The van der Waals surface area contributed by atoms with Crippen LogP contribution in [0, 0.1) is 17.8 Å². The number of benzene rings is 1. The SMILES string of the molecule is O=C(NC1C2CCC(C2)C1CO)c1cccc(Oc2ccncc2)c1. The van der Waals surface area contributed by atoms with Gasteiger partial charge in [-0.3, -0.25) is 9.78 Å². The fraction of sp³-hybridized carbons (Fsp3) is 0.400. The summed E-state index contributed by atoms with van der Waals surface area (Å²) in [5, 5.41) is 12.8. The van der Waals surface area contributed by atoms with Crippen LogP contribution >= 0.6 is 0 Å². The van der Waals surface area contributed by atoms with E-state index in [0.717, 1.165) is 12.8 Å². The molecule has 2 aliphatic carbocycles. The molecular weight excluding hydrogens is 316 g/mol. The molecule has 2 bridgehead atoms. The largest absolute Gasteiger partial charge is 0.457 e. The molecule has 2 N–H and O–H groups in total. The molecule has 0 spiro atoms. The first kappa shape index (κ1) is 16.1. The maximum atomic E-state index is 12.7. The van der Waals surface area contributed by atoms with E-state index in [-0.39, 0.29) is 24.5 Å². The van der Waals surface area contributed by atoms with Gasteiger partial charge in [-0.25, -0.2) is 0 Å². The molecule has 5 heteroatoms. The zero-order chi connectivity index (χ0) is 17.2. The number of rotatable bonds is 5. The molecule has 25 heavy (non-hydrogen) atoms. The summed E-state index contributed by atoms with van der Waals surface area (Å²) in [6, 6.07) is 10.8. The third-order valence-corrected chi connectivity index (χ3v) is 5.58. The van der Waals surface area contributed by atoms with Gasteiger partial charge in [-0.1, -0.05) is 6.07 Å². The van der Waals surface area contributed by atoms with Crippen LogP contribution in [-0.4, -0.2) is 28.6 Å². The molecular formula is C20H22N2O3. The number of aliphatic hydroxyl groups is 1. The second kappa shape index (κ2) is 6.84. The van der Waals surface area contributed by atoms with Crippen LogP contribution < -0.4 is 10.1 Å². The van der Waals surface area contributed by atoms with Gasteiger partial charge in [0, 0.05) is 36.5 Å². The maximum absolute atomic E-state index is 12.7.